The van der Waals surface area contributed by atoms with Crippen molar-refractivity contribution in [1.82, 2.24) is 9.47 Å². The molecule has 0 radical (unpaired) electrons. The molecule has 148 valence electrons. The molecule has 1 aromatic heterocycles. The minimum Gasteiger partial charge on any atom is -0.369 e. The molecule has 1 fully saturated rings. The highest BCUT2D eigenvalue weighted by atomic mass is 35.5. The molecule has 2 heterocycles. The van der Waals surface area contributed by atoms with E-state index in [4.69, 9.17) is 16.9 Å². The van der Waals surface area contributed by atoms with Crippen LogP contribution in [0.1, 0.15) is 16.8 Å². The second-order valence-corrected chi connectivity index (χ2v) is 7.76. The van der Waals surface area contributed by atoms with E-state index in [9.17, 15) is 4.79 Å². The maximum Gasteiger partial charge on any atom is 0.178 e. The summed E-state index contributed by atoms with van der Waals surface area (Å²) >= 11 is 6.11. The molecule has 0 saturated carbocycles. The molecule has 29 heavy (non-hydrogen) atoms. The lowest BCUT2D eigenvalue weighted by atomic mass is 10.1. The summed E-state index contributed by atoms with van der Waals surface area (Å²) in [5.74, 6) is 0.133. The normalized spacial score (nSPS) is 14.8. The average molecular weight is 407 g/mol. The van der Waals surface area contributed by atoms with Crippen molar-refractivity contribution < 1.29 is 4.79 Å². The number of hydrogen-bond acceptors (Lipinski definition) is 4. The maximum absolute atomic E-state index is 13.1. The van der Waals surface area contributed by atoms with Crippen molar-refractivity contribution in [2.24, 2.45) is 0 Å². The third kappa shape index (κ3) is 4.29. The van der Waals surface area contributed by atoms with Crippen LogP contribution in [0.3, 0.4) is 0 Å². The second kappa shape index (κ2) is 8.69. The highest BCUT2D eigenvalue weighted by Crippen LogP contribution is 2.24. The van der Waals surface area contributed by atoms with Gasteiger partial charge in [-0.15, -0.1) is 0 Å². The lowest BCUT2D eigenvalue weighted by molar-refractivity contribution is 0.0928. The number of halogens is 1. The van der Waals surface area contributed by atoms with Crippen molar-refractivity contribution >= 4 is 34.0 Å². The zero-order valence-electron chi connectivity index (χ0n) is 16.2. The Hall–Kier alpha value is -2.81. The first-order valence-electron chi connectivity index (χ1n) is 9.86. The van der Waals surface area contributed by atoms with Crippen LogP contribution < -0.4 is 4.90 Å². The largest absolute Gasteiger partial charge is 0.369 e. The molecule has 0 aliphatic carbocycles. The summed E-state index contributed by atoms with van der Waals surface area (Å²) in [5, 5.41) is 10.6. The number of carbonyl (C=O) groups excluding carboxylic acids is 1. The Labute approximate surface area is 175 Å². The number of piperazine rings is 1. The highest BCUT2D eigenvalue weighted by Gasteiger charge is 2.22. The van der Waals surface area contributed by atoms with Crippen LogP contribution in [0.4, 0.5) is 5.69 Å². The molecule has 0 unspecified atom stereocenters. The third-order valence-corrected chi connectivity index (χ3v) is 5.70. The maximum atomic E-state index is 13.1. The zero-order valence-corrected chi connectivity index (χ0v) is 17.0. The number of carbonyl (C=O) groups is 1. The van der Waals surface area contributed by atoms with Gasteiger partial charge in [0.2, 0.25) is 0 Å². The van der Waals surface area contributed by atoms with Crippen LogP contribution >= 0.6 is 11.6 Å². The van der Waals surface area contributed by atoms with Gasteiger partial charge in [-0.25, -0.2) is 0 Å². The number of hydrogen-bond donors (Lipinski definition) is 0. The van der Waals surface area contributed by atoms with Gasteiger partial charge in [-0.3, -0.25) is 9.69 Å². The summed E-state index contributed by atoms with van der Waals surface area (Å²) in [6, 6.07) is 18.0. The molecular formula is C23H23ClN4O. The molecule has 0 N–H and O–H groups in total. The molecule has 3 aromatic rings. The van der Waals surface area contributed by atoms with Gasteiger partial charge in [0.15, 0.2) is 5.78 Å². The minimum absolute atomic E-state index is 0.133. The lowest BCUT2D eigenvalue weighted by Gasteiger charge is -2.35. The summed E-state index contributed by atoms with van der Waals surface area (Å²) in [5.41, 5.74) is 2.89. The first kappa shape index (κ1) is 19.5. The first-order chi connectivity index (χ1) is 14.2. The topological polar surface area (TPSA) is 52.3 Å². The molecule has 0 atom stereocenters. The molecule has 4 rings (SSSR count). The Morgan fingerprint density at radius 1 is 1.07 bits per heavy atom. The summed E-state index contributed by atoms with van der Waals surface area (Å²) in [7, 11) is 0. The van der Waals surface area contributed by atoms with Gasteiger partial charge < -0.3 is 9.47 Å². The number of anilines is 1. The summed E-state index contributed by atoms with van der Waals surface area (Å²) in [4.78, 5) is 17.6. The highest BCUT2D eigenvalue weighted by molar-refractivity contribution is 6.30. The molecule has 5 nitrogen and oxygen atoms in total. The van der Waals surface area contributed by atoms with Crippen LogP contribution in [-0.4, -0.2) is 48.0 Å². The van der Waals surface area contributed by atoms with E-state index in [0.29, 0.717) is 19.5 Å². The van der Waals surface area contributed by atoms with Crippen molar-refractivity contribution in [2.75, 3.05) is 37.6 Å². The van der Waals surface area contributed by atoms with Gasteiger partial charge in [-0.05, 0) is 24.3 Å². The number of benzene rings is 2. The molecule has 0 spiro atoms. The Morgan fingerprint density at radius 2 is 1.86 bits per heavy atom. The molecule has 1 aliphatic rings. The Morgan fingerprint density at radius 3 is 2.62 bits per heavy atom. The van der Waals surface area contributed by atoms with E-state index in [0.717, 1.165) is 53.4 Å². The molecule has 0 amide bonds. The number of nitrogens with zero attached hydrogens (tertiary/aromatic N) is 4. The smallest absolute Gasteiger partial charge is 0.178 e. The van der Waals surface area contributed by atoms with Crippen LogP contribution in [0.15, 0.2) is 54.7 Å². The molecule has 6 heteroatoms. The van der Waals surface area contributed by atoms with E-state index in [1.54, 1.807) is 0 Å². The molecule has 1 aliphatic heterocycles. The number of rotatable bonds is 6. The van der Waals surface area contributed by atoms with Gasteiger partial charge in [0.05, 0.1) is 19.0 Å². The van der Waals surface area contributed by atoms with Crippen LogP contribution in [0.25, 0.3) is 10.9 Å². The Kier molecular flexibility index (Phi) is 5.84. The quantitative estimate of drug-likeness (QED) is 0.575. The van der Waals surface area contributed by atoms with E-state index in [1.807, 2.05) is 53.2 Å². The number of aryl methyl sites for hydroxylation is 1. The SMILES string of the molecule is N#CCCn1cc(C(=O)CN2CCN(c3cccc(Cl)c3)CC2)c2ccccc21. The molecular weight excluding hydrogens is 384 g/mol. The summed E-state index contributed by atoms with van der Waals surface area (Å²) in [6.07, 6.45) is 2.34. The predicted molar refractivity (Wildman–Crippen MR) is 117 cm³/mol. The lowest BCUT2D eigenvalue weighted by Crippen LogP contribution is -2.48. The average Bonchev–Trinajstić information content (AvgIpc) is 3.12. The Balaban J connectivity index is 1.43. The van der Waals surface area contributed by atoms with E-state index in [-0.39, 0.29) is 5.78 Å². The second-order valence-electron chi connectivity index (χ2n) is 7.33. The fourth-order valence-corrected chi connectivity index (χ4v) is 4.13. The van der Waals surface area contributed by atoms with E-state index in [1.165, 1.54) is 0 Å². The van der Waals surface area contributed by atoms with Crippen molar-refractivity contribution in [3.05, 3.63) is 65.3 Å². The third-order valence-electron chi connectivity index (χ3n) is 5.47. The number of para-hydroxylation sites is 1. The van der Waals surface area contributed by atoms with Crippen LogP contribution in [-0.2, 0) is 6.54 Å². The van der Waals surface area contributed by atoms with E-state index >= 15 is 0 Å². The fraction of sp³-hybridized carbons (Fsp3) is 0.304. The van der Waals surface area contributed by atoms with Crippen molar-refractivity contribution in [1.29, 1.82) is 5.26 Å². The van der Waals surface area contributed by atoms with Crippen LogP contribution in [0.2, 0.25) is 5.02 Å². The Bertz CT molecular complexity index is 1060. The van der Waals surface area contributed by atoms with E-state index < -0.39 is 0 Å². The van der Waals surface area contributed by atoms with Gasteiger partial charge in [0.25, 0.3) is 0 Å². The zero-order chi connectivity index (χ0) is 20.2. The summed E-state index contributed by atoms with van der Waals surface area (Å²) in [6.45, 7) is 4.43. The van der Waals surface area contributed by atoms with Crippen molar-refractivity contribution in [3.63, 3.8) is 0 Å². The van der Waals surface area contributed by atoms with Crippen LogP contribution in [0.5, 0.6) is 0 Å². The summed E-state index contributed by atoms with van der Waals surface area (Å²) < 4.78 is 2.02. The number of nitriles is 1. The number of ketones is 1. The van der Waals surface area contributed by atoms with Crippen molar-refractivity contribution in [2.45, 2.75) is 13.0 Å². The number of fused-ring (bicyclic) bond motifs is 1. The fourth-order valence-electron chi connectivity index (χ4n) is 3.95. The molecule has 1 saturated heterocycles. The van der Waals surface area contributed by atoms with Crippen LogP contribution in [0, 0.1) is 11.3 Å². The van der Waals surface area contributed by atoms with Crippen molar-refractivity contribution in [3.8, 4) is 6.07 Å². The number of Topliss-reactive ketones (excluding diaryl/α,β-unsaturated/α-hetero) is 1. The van der Waals surface area contributed by atoms with Gasteiger partial charge in [-0.2, -0.15) is 5.26 Å². The van der Waals surface area contributed by atoms with Gasteiger partial charge in [-0.1, -0.05) is 35.9 Å². The molecule has 0 bridgehead atoms. The minimum atomic E-state index is 0.133. The monoisotopic (exact) mass is 406 g/mol. The van der Waals surface area contributed by atoms with Gasteiger partial charge in [0.1, 0.15) is 0 Å². The molecule has 2 aromatic carbocycles. The predicted octanol–water partition coefficient (Wildman–Crippen LogP) is 4.21. The standard InChI is InChI=1S/C23H23ClN4O/c24-18-5-3-6-19(15-18)27-13-11-26(12-14-27)17-23(29)21-16-28(10-4-9-25)22-8-2-1-7-20(21)22/h1-3,5-8,15-16H,4,10-14,17H2. The van der Waals surface area contributed by atoms with Gasteiger partial charge >= 0.3 is 0 Å². The van der Waals surface area contributed by atoms with Gasteiger partial charge in [0, 0.05) is 66.1 Å². The first-order valence-corrected chi connectivity index (χ1v) is 10.2. The number of aromatic nitrogens is 1. The van der Waals surface area contributed by atoms with E-state index in [2.05, 4.69) is 21.9 Å².